The third kappa shape index (κ3) is 7.06. The fourth-order valence-electron chi connectivity index (χ4n) is 5.62. The van der Waals surface area contributed by atoms with Crippen molar-refractivity contribution in [2.24, 2.45) is 5.92 Å². The number of Topliss-reactive ketones (excluding diaryl/α,β-unsaturated/α-hetero) is 1. The molecule has 1 aliphatic carbocycles. The number of carbonyl (C=O) groups excluding carboxylic acids is 1. The summed E-state index contributed by atoms with van der Waals surface area (Å²) in [4.78, 5) is 12.7. The van der Waals surface area contributed by atoms with Crippen LogP contribution in [-0.4, -0.2) is 5.78 Å². The first-order valence-electron chi connectivity index (χ1n) is 13.3. The third-order valence-electron chi connectivity index (χ3n) is 7.78. The van der Waals surface area contributed by atoms with E-state index in [1.807, 2.05) is 30.3 Å². The van der Waals surface area contributed by atoms with Gasteiger partial charge in [0.25, 0.3) is 0 Å². The van der Waals surface area contributed by atoms with E-state index in [1.54, 1.807) is 5.56 Å². The largest absolute Gasteiger partial charge is 0.294 e. The van der Waals surface area contributed by atoms with Crippen LogP contribution in [-0.2, 0) is 11.8 Å². The summed E-state index contributed by atoms with van der Waals surface area (Å²) in [6, 6.07) is 19.5. The van der Waals surface area contributed by atoms with Crippen LogP contribution in [0.5, 0.6) is 0 Å². The van der Waals surface area contributed by atoms with Crippen molar-refractivity contribution >= 4 is 5.78 Å². The topological polar surface area (TPSA) is 17.1 Å². The van der Waals surface area contributed by atoms with Crippen LogP contribution in [0.25, 0.3) is 0 Å². The Hall–Kier alpha value is -1.89. The van der Waals surface area contributed by atoms with E-state index in [0.717, 1.165) is 5.56 Å². The minimum Gasteiger partial charge on any atom is -0.294 e. The predicted molar refractivity (Wildman–Crippen MR) is 137 cm³/mol. The molecule has 2 aromatic rings. The van der Waals surface area contributed by atoms with Gasteiger partial charge in [-0.25, -0.2) is 0 Å². The van der Waals surface area contributed by atoms with Crippen molar-refractivity contribution < 1.29 is 4.79 Å². The van der Waals surface area contributed by atoms with Gasteiger partial charge in [-0.3, -0.25) is 4.79 Å². The van der Waals surface area contributed by atoms with Crippen LogP contribution in [0.15, 0.2) is 54.6 Å². The number of benzene rings is 2. The Morgan fingerprint density at radius 3 is 2.12 bits per heavy atom. The lowest BCUT2D eigenvalue weighted by atomic mass is 9.63. The molecule has 0 aliphatic heterocycles. The summed E-state index contributed by atoms with van der Waals surface area (Å²) >= 11 is 0. The van der Waals surface area contributed by atoms with E-state index in [4.69, 9.17) is 0 Å². The van der Waals surface area contributed by atoms with Gasteiger partial charge >= 0.3 is 0 Å². The van der Waals surface area contributed by atoms with Crippen molar-refractivity contribution in [3.8, 4) is 0 Å². The van der Waals surface area contributed by atoms with Gasteiger partial charge in [0.15, 0.2) is 5.78 Å². The highest BCUT2D eigenvalue weighted by Crippen LogP contribution is 2.46. The number of carbonyl (C=O) groups is 1. The Kier molecular flexibility index (Phi) is 10.0. The molecule has 1 fully saturated rings. The molecule has 0 saturated heterocycles. The molecule has 0 spiro atoms. The zero-order chi connectivity index (χ0) is 22.7. The van der Waals surface area contributed by atoms with Crippen LogP contribution < -0.4 is 0 Å². The third-order valence-corrected chi connectivity index (χ3v) is 7.78. The molecule has 1 nitrogen and oxygen atoms in total. The van der Waals surface area contributed by atoms with Gasteiger partial charge in [-0.1, -0.05) is 107 Å². The quantitative estimate of drug-likeness (QED) is 0.228. The van der Waals surface area contributed by atoms with E-state index in [-0.39, 0.29) is 0 Å². The van der Waals surface area contributed by atoms with Crippen LogP contribution in [0.4, 0.5) is 0 Å². The molecule has 174 valence electrons. The first-order valence-corrected chi connectivity index (χ1v) is 13.3. The van der Waals surface area contributed by atoms with Crippen molar-refractivity contribution in [2.75, 3.05) is 0 Å². The average molecular weight is 433 g/mol. The van der Waals surface area contributed by atoms with Crippen LogP contribution in [0.1, 0.15) is 119 Å². The molecule has 0 unspecified atom stereocenters. The van der Waals surface area contributed by atoms with E-state index in [1.165, 1.54) is 89.0 Å². The molecule has 1 saturated carbocycles. The summed E-state index contributed by atoms with van der Waals surface area (Å²) in [5, 5.41) is 0. The maximum absolute atomic E-state index is 12.7. The first-order chi connectivity index (χ1) is 15.7. The van der Waals surface area contributed by atoms with Crippen LogP contribution in [0.2, 0.25) is 0 Å². The van der Waals surface area contributed by atoms with E-state index < -0.39 is 0 Å². The average Bonchev–Trinajstić information content (AvgIpc) is 2.84. The Morgan fingerprint density at radius 2 is 1.47 bits per heavy atom. The summed E-state index contributed by atoms with van der Waals surface area (Å²) in [5.41, 5.74) is 4.25. The lowest BCUT2D eigenvalue weighted by Gasteiger charge is -2.41. The van der Waals surface area contributed by atoms with Gasteiger partial charge in [0, 0.05) is 12.0 Å². The van der Waals surface area contributed by atoms with Gasteiger partial charge in [-0.05, 0) is 67.4 Å². The van der Waals surface area contributed by atoms with E-state index in [2.05, 4.69) is 38.1 Å². The van der Waals surface area contributed by atoms with Crippen molar-refractivity contribution in [3.05, 3.63) is 71.3 Å². The molecule has 0 heterocycles. The lowest BCUT2D eigenvalue weighted by molar-refractivity contribution is 0.0934. The van der Waals surface area contributed by atoms with Gasteiger partial charge in [0.05, 0.1) is 0 Å². The van der Waals surface area contributed by atoms with Gasteiger partial charge in [-0.2, -0.15) is 0 Å². The molecule has 0 radical (unpaired) electrons. The Morgan fingerprint density at radius 1 is 0.812 bits per heavy atom. The summed E-state index contributed by atoms with van der Waals surface area (Å²) in [6.45, 7) is 4.57. The molecular weight excluding hydrogens is 388 g/mol. The zero-order valence-electron chi connectivity index (χ0n) is 20.6. The predicted octanol–water partition coefficient (Wildman–Crippen LogP) is 9.09. The van der Waals surface area contributed by atoms with Crippen molar-refractivity contribution in [1.82, 2.24) is 0 Å². The first kappa shape index (κ1) is 24.7. The number of rotatable bonds is 13. The van der Waals surface area contributed by atoms with E-state index in [9.17, 15) is 4.79 Å². The molecule has 0 aromatic heterocycles. The van der Waals surface area contributed by atoms with E-state index in [0.29, 0.717) is 23.5 Å². The summed E-state index contributed by atoms with van der Waals surface area (Å²) in [7, 11) is 0. The standard InChI is InChI=1S/C31H44O/c1-3-5-7-12-22-31(29-18-16-26(17-19-29)13-9-6-4-2)23-20-27(21-24-31)25-30(32)28-14-10-8-11-15-28/h8,10-11,14-19,27H,3-7,9,12-13,20-25H2,1-2H3. The Labute approximate surface area is 197 Å². The summed E-state index contributed by atoms with van der Waals surface area (Å²) in [6.07, 6.45) is 17.3. The molecule has 0 atom stereocenters. The minimum absolute atomic E-state index is 0.321. The molecule has 0 amide bonds. The van der Waals surface area contributed by atoms with Crippen LogP contribution in [0.3, 0.4) is 0 Å². The highest BCUT2D eigenvalue weighted by Gasteiger charge is 2.36. The molecular formula is C31H44O. The fourth-order valence-corrected chi connectivity index (χ4v) is 5.62. The molecule has 1 heteroatoms. The van der Waals surface area contributed by atoms with Gasteiger partial charge in [-0.15, -0.1) is 0 Å². The maximum atomic E-state index is 12.7. The highest BCUT2D eigenvalue weighted by molar-refractivity contribution is 5.96. The van der Waals surface area contributed by atoms with Crippen molar-refractivity contribution in [1.29, 1.82) is 0 Å². The van der Waals surface area contributed by atoms with Crippen molar-refractivity contribution in [2.45, 2.75) is 109 Å². The van der Waals surface area contributed by atoms with Crippen LogP contribution in [0, 0.1) is 5.92 Å². The number of ketones is 1. The molecule has 2 aromatic carbocycles. The van der Waals surface area contributed by atoms with Crippen LogP contribution >= 0.6 is 0 Å². The van der Waals surface area contributed by atoms with Gasteiger partial charge in [0.1, 0.15) is 0 Å². The number of hydrogen-bond donors (Lipinski definition) is 0. The zero-order valence-corrected chi connectivity index (χ0v) is 20.6. The fraction of sp³-hybridized carbons (Fsp3) is 0.581. The molecule has 1 aliphatic rings. The Bertz CT molecular complexity index is 781. The maximum Gasteiger partial charge on any atom is 0.163 e. The van der Waals surface area contributed by atoms with Gasteiger partial charge in [0.2, 0.25) is 0 Å². The minimum atomic E-state index is 0.321. The molecule has 0 N–H and O–H groups in total. The second-order valence-electron chi connectivity index (χ2n) is 10.2. The molecule has 0 bridgehead atoms. The normalized spacial score (nSPS) is 20.9. The monoisotopic (exact) mass is 432 g/mol. The Balaban J connectivity index is 1.63. The lowest BCUT2D eigenvalue weighted by Crippen LogP contribution is -2.32. The van der Waals surface area contributed by atoms with Crippen molar-refractivity contribution in [3.63, 3.8) is 0 Å². The number of aryl methyl sites for hydroxylation is 1. The second kappa shape index (κ2) is 13.0. The molecule has 3 rings (SSSR count). The highest BCUT2D eigenvalue weighted by atomic mass is 16.1. The second-order valence-corrected chi connectivity index (χ2v) is 10.2. The smallest absolute Gasteiger partial charge is 0.163 e. The number of unbranched alkanes of at least 4 members (excludes halogenated alkanes) is 5. The summed E-state index contributed by atoms with van der Waals surface area (Å²) in [5.74, 6) is 0.863. The summed E-state index contributed by atoms with van der Waals surface area (Å²) < 4.78 is 0. The number of hydrogen-bond acceptors (Lipinski definition) is 1. The SMILES string of the molecule is CCCCCCC1(c2ccc(CCCCC)cc2)CCC(CC(=O)c2ccccc2)CC1. The van der Waals surface area contributed by atoms with Gasteiger partial charge < -0.3 is 0 Å². The molecule has 32 heavy (non-hydrogen) atoms. The van der Waals surface area contributed by atoms with E-state index >= 15 is 0 Å².